The van der Waals surface area contributed by atoms with Gasteiger partial charge in [-0.1, -0.05) is 23.2 Å². The molecule has 0 saturated heterocycles. The Morgan fingerprint density at radius 1 is 1.38 bits per heavy atom. The molecule has 0 bridgehead atoms. The van der Waals surface area contributed by atoms with E-state index >= 15 is 0 Å². The second-order valence-electron chi connectivity index (χ2n) is 4.02. The van der Waals surface area contributed by atoms with Gasteiger partial charge in [0.2, 0.25) is 10.0 Å². The van der Waals surface area contributed by atoms with Crippen molar-refractivity contribution in [3.05, 3.63) is 27.7 Å². The minimum absolute atomic E-state index is 0.0218. The molecule has 0 aliphatic heterocycles. The van der Waals surface area contributed by atoms with Crippen molar-refractivity contribution in [3.63, 3.8) is 0 Å². The van der Waals surface area contributed by atoms with Crippen LogP contribution in [-0.4, -0.2) is 39.3 Å². The highest BCUT2D eigenvalue weighted by Crippen LogP contribution is 2.29. The largest absolute Gasteiger partial charge is 0.478 e. The van der Waals surface area contributed by atoms with Gasteiger partial charge in [-0.05, 0) is 25.5 Å². The molecule has 0 radical (unpaired) electrons. The smallest absolute Gasteiger partial charge is 0.337 e. The number of sulfonamides is 1. The SMILES string of the molecule is CCOCCCNS(=O)(=O)c1cc(Cl)cc(C(=O)O)c1Cl. The third-order valence-corrected chi connectivity index (χ3v) is 4.71. The van der Waals surface area contributed by atoms with Crippen molar-refractivity contribution >= 4 is 39.2 Å². The molecule has 9 heteroatoms. The lowest BCUT2D eigenvalue weighted by Gasteiger charge is -2.10. The van der Waals surface area contributed by atoms with Crippen molar-refractivity contribution in [1.82, 2.24) is 4.72 Å². The summed E-state index contributed by atoms with van der Waals surface area (Å²) in [6.07, 6.45) is 0.483. The molecule has 0 saturated carbocycles. The maximum Gasteiger partial charge on any atom is 0.337 e. The Balaban J connectivity index is 2.95. The lowest BCUT2D eigenvalue weighted by atomic mass is 10.2. The van der Waals surface area contributed by atoms with Crippen LogP contribution in [0.2, 0.25) is 10.0 Å². The van der Waals surface area contributed by atoms with Crippen molar-refractivity contribution in [1.29, 1.82) is 0 Å². The molecule has 0 aliphatic carbocycles. The van der Waals surface area contributed by atoms with Crippen molar-refractivity contribution in [2.24, 2.45) is 0 Å². The Morgan fingerprint density at radius 3 is 2.62 bits per heavy atom. The van der Waals surface area contributed by atoms with Gasteiger partial charge >= 0.3 is 5.97 Å². The molecule has 0 fully saturated rings. The molecule has 0 unspecified atom stereocenters. The first kappa shape index (κ1) is 18.2. The maximum absolute atomic E-state index is 12.1. The first-order chi connectivity index (χ1) is 9.79. The molecule has 1 aromatic rings. The van der Waals surface area contributed by atoms with Gasteiger partial charge in [0.1, 0.15) is 4.90 Å². The number of hydrogen-bond acceptors (Lipinski definition) is 4. The fourth-order valence-corrected chi connectivity index (χ4v) is 3.49. The van der Waals surface area contributed by atoms with E-state index in [1.54, 1.807) is 0 Å². The van der Waals surface area contributed by atoms with Gasteiger partial charge < -0.3 is 9.84 Å². The van der Waals surface area contributed by atoms with Gasteiger partial charge in [0, 0.05) is 24.8 Å². The van der Waals surface area contributed by atoms with Crippen LogP contribution in [0.4, 0.5) is 0 Å². The molecule has 0 atom stereocenters. The van der Waals surface area contributed by atoms with E-state index in [0.29, 0.717) is 19.6 Å². The number of carbonyl (C=O) groups is 1. The van der Waals surface area contributed by atoms with Crippen LogP contribution in [-0.2, 0) is 14.8 Å². The monoisotopic (exact) mass is 355 g/mol. The maximum atomic E-state index is 12.1. The van der Waals surface area contributed by atoms with E-state index in [9.17, 15) is 13.2 Å². The van der Waals surface area contributed by atoms with E-state index in [4.69, 9.17) is 33.0 Å². The zero-order valence-corrected chi connectivity index (χ0v) is 13.6. The Labute approximate surface area is 133 Å². The minimum atomic E-state index is -3.94. The first-order valence-corrected chi connectivity index (χ1v) is 8.33. The van der Waals surface area contributed by atoms with E-state index in [-0.39, 0.29) is 27.0 Å². The average Bonchev–Trinajstić information content (AvgIpc) is 2.40. The molecule has 118 valence electrons. The molecule has 0 amide bonds. The summed E-state index contributed by atoms with van der Waals surface area (Å²) in [6.45, 7) is 2.95. The number of carboxylic acid groups (broad SMARTS) is 1. The molecule has 0 aromatic heterocycles. The minimum Gasteiger partial charge on any atom is -0.478 e. The fraction of sp³-hybridized carbons (Fsp3) is 0.417. The molecule has 2 N–H and O–H groups in total. The molecular weight excluding hydrogens is 341 g/mol. The average molecular weight is 356 g/mol. The van der Waals surface area contributed by atoms with Gasteiger partial charge in [-0.15, -0.1) is 0 Å². The predicted molar refractivity (Wildman–Crippen MR) is 79.7 cm³/mol. The summed E-state index contributed by atoms with van der Waals surface area (Å²) < 4.78 is 31.7. The van der Waals surface area contributed by atoms with Crippen molar-refractivity contribution in [3.8, 4) is 0 Å². The van der Waals surface area contributed by atoms with Crippen LogP contribution in [0.5, 0.6) is 0 Å². The molecule has 0 aliphatic rings. The Kier molecular flexibility index (Phi) is 6.89. The molecule has 1 aromatic carbocycles. The number of benzene rings is 1. The van der Waals surface area contributed by atoms with Crippen molar-refractivity contribution in [2.45, 2.75) is 18.2 Å². The molecular formula is C12H15Cl2NO5S. The van der Waals surface area contributed by atoms with Crippen LogP contribution in [0.15, 0.2) is 17.0 Å². The van der Waals surface area contributed by atoms with Gasteiger partial charge in [0.25, 0.3) is 0 Å². The summed E-state index contributed by atoms with van der Waals surface area (Å²) in [6, 6.07) is 2.21. The van der Waals surface area contributed by atoms with Crippen LogP contribution in [0.3, 0.4) is 0 Å². The highest BCUT2D eigenvalue weighted by atomic mass is 35.5. The highest BCUT2D eigenvalue weighted by Gasteiger charge is 2.23. The Hall–Kier alpha value is -0.860. The number of rotatable bonds is 8. The van der Waals surface area contributed by atoms with Crippen LogP contribution >= 0.6 is 23.2 Å². The number of ether oxygens (including phenoxy) is 1. The fourth-order valence-electron chi connectivity index (χ4n) is 1.52. The van der Waals surface area contributed by atoms with Gasteiger partial charge in [-0.25, -0.2) is 17.9 Å². The lowest BCUT2D eigenvalue weighted by Crippen LogP contribution is -2.26. The summed E-state index contributed by atoms with van der Waals surface area (Å²) >= 11 is 11.6. The molecule has 0 spiro atoms. The highest BCUT2D eigenvalue weighted by molar-refractivity contribution is 7.89. The van der Waals surface area contributed by atoms with Crippen LogP contribution in [0, 0.1) is 0 Å². The summed E-state index contributed by atoms with van der Waals surface area (Å²) in [5.41, 5.74) is -0.362. The number of nitrogens with one attached hydrogen (secondary N) is 1. The van der Waals surface area contributed by atoms with E-state index in [2.05, 4.69) is 4.72 Å². The zero-order chi connectivity index (χ0) is 16.0. The Bertz CT molecular complexity index is 618. The van der Waals surface area contributed by atoms with Crippen molar-refractivity contribution in [2.75, 3.05) is 19.8 Å². The molecule has 0 heterocycles. The van der Waals surface area contributed by atoms with Crippen LogP contribution in [0.1, 0.15) is 23.7 Å². The number of hydrogen-bond donors (Lipinski definition) is 2. The number of halogens is 2. The predicted octanol–water partition coefficient (Wildman–Crippen LogP) is 2.40. The third-order valence-electron chi connectivity index (χ3n) is 2.49. The summed E-state index contributed by atoms with van der Waals surface area (Å²) in [4.78, 5) is 10.7. The lowest BCUT2D eigenvalue weighted by molar-refractivity contribution is 0.0697. The topological polar surface area (TPSA) is 92.7 Å². The molecule has 1 rings (SSSR count). The first-order valence-electron chi connectivity index (χ1n) is 6.09. The summed E-state index contributed by atoms with van der Waals surface area (Å²) in [5.74, 6) is -1.35. The zero-order valence-electron chi connectivity index (χ0n) is 11.2. The second-order valence-corrected chi connectivity index (χ2v) is 6.57. The molecule has 6 nitrogen and oxygen atoms in total. The van der Waals surface area contributed by atoms with E-state index in [1.807, 2.05) is 6.92 Å². The van der Waals surface area contributed by atoms with Gasteiger partial charge in [0.05, 0.1) is 10.6 Å². The second kappa shape index (κ2) is 7.95. The van der Waals surface area contributed by atoms with E-state index in [0.717, 1.165) is 12.1 Å². The van der Waals surface area contributed by atoms with Gasteiger partial charge in [0.15, 0.2) is 0 Å². The number of carboxylic acids is 1. The summed E-state index contributed by atoms with van der Waals surface area (Å²) in [5, 5.41) is 8.59. The van der Waals surface area contributed by atoms with E-state index in [1.165, 1.54) is 0 Å². The van der Waals surface area contributed by atoms with Gasteiger partial charge in [-0.2, -0.15) is 0 Å². The van der Waals surface area contributed by atoms with E-state index < -0.39 is 16.0 Å². The standard InChI is InChI=1S/C12H15Cl2NO5S/c1-2-20-5-3-4-15-21(18,19)10-7-8(13)6-9(11(10)14)12(16)17/h6-7,15H,2-5H2,1H3,(H,16,17). The summed E-state index contributed by atoms with van der Waals surface area (Å²) in [7, 11) is -3.94. The quantitative estimate of drug-likeness (QED) is 0.698. The Morgan fingerprint density at radius 2 is 2.05 bits per heavy atom. The van der Waals surface area contributed by atoms with Gasteiger partial charge in [-0.3, -0.25) is 0 Å². The normalized spacial score (nSPS) is 11.6. The number of aromatic carboxylic acids is 1. The third kappa shape index (κ3) is 5.12. The molecule has 21 heavy (non-hydrogen) atoms. The van der Waals surface area contributed by atoms with Crippen LogP contribution < -0.4 is 4.72 Å². The van der Waals surface area contributed by atoms with Crippen molar-refractivity contribution < 1.29 is 23.1 Å². The van der Waals surface area contributed by atoms with Crippen LogP contribution in [0.25, 0.3) is 0 Å².